The fourth-order valence-electron chi connectivity index (χ4n) is 4.22. The molecule has 1 nitrogen and oxygen atoms in total. The van der Waals surface area contributed by atoms with Crippen LogP contribution < -0.4 is 0 Å². The summed E-state index contributed by atoms with van der Waals surface area (Å²) >= 11 is 0. The quantitative estimate of drug-likeness (QED) is 0.504. The first-order valence-corrected chi connectivity index (χ1v) is 7.72. The van der Waals surface area contributed by atoms with Gasteiger partial charge < -0.3 is 0 Å². The monoisotopic (exact) mass is 275 g/mol. The fraction of sp³-hybridized carbons (Fsp3) is 0.350. The van der Waals surface area contributed by atoms with Gasteiger partial charge in [0.2, 0.25) is 0 Å². The smallest absolute Gasteiger partial charge is 0.0784 e. The van der Waals surface area contributed by atoms with Crippen LogP contribution in [0.1, 0.15) is 45.4 Å². The van der Waals surface area contributed by atoms with Crippen molar-refractivity contribution in [2.75, 3.05) is 0 Å². The van der Waals surface area contributed by atoms with Crippen LogP contribution in [0.4, 0.5) is 0 Å². The lowest BCUT2D eigenvalue weighted by molar-refractivity contribution is 0.400. The average Bonchev–Trinajstić information content (AvgIpc) is 2.62. The summed E-state index contributed by atoms with van der Waals surface area (Å²) in [6.45, 7) is 9.33. The number of fused-ring (bicyclic) bond motifs is 4. The third kappa shape index (κ3) is 1.73. The van der Waals surface area contributed by atoms with Gasteiger partial charge in [0.25, 0.3) is 0 Å². The summed E-state index contributed by atoms with van der Waals surface area (Å²) < 4.78 is 0. The van der Waals surface area contributed by atoms with Crippen molar-refractivity contribution in [3.63, 3.8) is 0 Å². The minimum atomic E-state index is 0.157. The van der Waals surface area contributed by atoms with E-state index in [1.54, 1.807) is 0 Å². The lowest BCUT2D eigenvalue weighted by Gasteiger charge is -2.21. The van der Waals surface area contributed by atoms with Crippen LogP contribution in [-0.4, -0.2) is 4.98 Å². The number of benzene rings is 2. The Labute approximate surface area is 126 Å². The topological polar surface area (TPSA) is 12.9 Å². The van der Waals surface area contributed by atoms with Gasteiger partial charge in [-0.15, -0.1) is 0 Å². The van der Waals surface area contributed by atoms with Crippen molar-refractivity contribution in [1.29, 1.82) is 0 Å². The normalized spacial score (nSPS) is 19.0. The Morgan fingerprint density at radius 1 is 0.857 bits per heavy atom. The molecular formula is C20H21N. The van der Waals surface area contributed by atoms with Crippen molar-refractivity contribution < 1.29 is 0 Å². The standard InChI is InChI=1S/C20H21N/c1-19(2)12-20(3,4)18-16(19)11-14-10-9-13-7-5-6-8-15(13)17(14)21-18/h5-11H,12H2,1-4H3. The molecule has 0 aliphatic heterocycles. The van der Waals surface area contributed by atoms with Crippen molar-refractivity contribution in [3.05, 3.63) is 53.7 Å². The van der Waals surface area contributed by atoms with Gasteiger partial charge in [-0.2, -0.15) is 0 Å². The summed E-state index contributed by atoms with van der Waals surface area (Å²) in [5.74, 6) is 0. The first kappa shape index (κ1) is 12.8. The number of hydrogen-bond acceptors (Lipinski definition) is 1. The van der Waals surface area contributed by atoms with Crippen molar-refractivity contribution in [2.45, 2.75) is 44.9 Å². The second-order valence-corrected chi connectivity index (χ2v) is 7.69. The molecule has 3 aromatic rings. The molecule has 0 amide bonds. The van der Waals surface area contributed by atoms with Crippen LogP contribution in [0.5, 0.6) is 0 Å². The molecule has 0 saturated carbocycles. The first-order valence-electron chi connectivity index (χ1n) is 7.72. The number of aromatic nitrogens is 1. The third-order valence-electron chi connectivity index (χ3n) is 4.96. The average molecular weight is 275 g/mol. The van der Waals surface area contributed by atoms with Crippen LogP contribution in [0.2, 0.25) is 0 Å². The van der Waals surface area contributed by atoms with Crippen molar-refractivity contribution in [2.24, 2.45) is 0 Å². The highest BCUT2D eigenvalue weighted by Crippen LogP contribution is 2.49. The Morgan fingerprint density at radius 3 is 2.38 bits per heavy atom. The van der Waals surface area contributed by atoms with Crippen molar-refractivity contribution in [3.8, 4) is 0 Å². The van der Waals surface area contributed by atoms with E-state index in [0.29, 0.717) is 0 Å². The highest BCUT2D eigenvalue weighted by Gasteiger charge is 2.43. The maximum atomic E-state index is 5.13. The number of nitrogens with zero attached hydrogens (tertiary/aromatic N) is 1. The van der Waals surface area contributed by atoms with Gasteiger partial charge in [-0.25, -0.2) is 0 Å². The number of pyridine rings is 1. The second-order valence-electron chi connectivity index (χ2n) is 7.69. The molecule has 0 saturated heterocycles. The summed E-state index contributed by atoms with van der Waals surface area (Å²) in [4.78, 5) is 5.13. The summed E-state index contributed by atoms with van der Waals surface area (Å²) in [6.07, 6.45) is 1.16. The Kier molecular flexibility index (Phi) is 2.35. The van der Waals surface area contributed by atoms with Crippen LogP contribution in [0.15, 0.2) is 42.5 Å². The molecule has 106 valence electrons. The van der Waals surface area contributed by atoms with Gasteiger partial charge >= 0.3 is 0 Å². The van der Waals surface area contributed by atoms with E-state index >= 15 is 0 Å². The number of rotatable bonds is 0. The Hall–Kier alpha value is -1.89. The minimum Gasteiger partial charge on any atom is -0.251 e. The Balaban J connectivity index is 2.15. The first-order chi connectivity index (χ1) is 9.88. The van der Waals surface area contributed by atoms with Gasteiger partial charge in [0.15, 0.2) is 0 Å². The predicted octanol–water partition coefficient (Wildman–Crippen LogP) is 5.35. The third-order valence-corrected chi connectivity index (χ3v) is 4.96. The molecule has 21 heavy (non-hydrogen) atoms. The molecule has 0 atom stereocenters. The number of hydrogen-bond donors (Lipinski definition) is 0. The molecule has 0 fully saturated rings. The lowest BCUT2D eigenvalue weighted by atomic mass is 9.82. The van der Waals surface area contributed by atoms with E-state index in [4.69, 9.17) is 4.98 Å². The highest BCUT2D eigenvalue weighted by molar-refractivity contribution is 6.05. The molecule has 0 bridgehead atoms. The summed E-state index contributed by atoms with van der Waals surface area (Å²) in [5.41, 5.74) is 4.24. The molecule has 1 heteroatoms. The summed E-state index contributed by atoms with van der Waals surface area (Å²) in [5, 5.41) is 3.80. The molecule has 4 rings (SSSR count). The van der Waals surface area contributed by atoms with Gasteiger partial charge in [0.05, 0.1) is 11.2 Å². The minimum absolute atomic E-state index is 0.157. The second kappa shape index (κ2) is 3.85. The van der Waals surface area contributed by atoms with Gasteiger partial charge in [-0.05, 0) is 28.9 Å². The van der Waals surface area contributed by atoms with Crippen LogP contribution in [-0.2, 0) is 10.8 Å². The zero-order valence-electron chi connectivity index (χ0n) is 13.2. The molecule has 1 aliphatic rings. The molecule has 2 aromatic carbocycles. The van der Waals surface area contributed by atoms with E-state index in [2.05, 4.69) is 70.2 Å². The van der Waals surface area contributed by atoms with Crippen molar-refractivity contribution >= 4 is 21.7 Å². The van der Waals surface area contributed by atoms with E-state index in [9.17, 15) is 0 Å². The van der Waals surface area contributed by atoms with Gasteiger partial charge in [0, 0.05) is 16.2 Å². The molecule has 0 unspecified atom stereocenters. The van der Waals surface area contributed by atoms with E-state index in [0.717, 1.165) is 11.9 Å². The molecule has 0 spiro atoms. The highest BCUT2D eigenvalue weighted by atomic mass is 14.8. The summed E-state index contributed by atoms with van der Waals surface area (Å²) in [6, 6.07) is 15.3. The van der Waals surface area contributed by atoms with Crippen LogP contribution in [0, 0.1) is 0 Å². The molecule has 1 aliphatic carbocycles. The van der Waals surface area contributed by atoms with E-state index in [1.807, 2.05) is 0 Å². The van der Waals surface area contributed by atoms with Gasteiger partial charge in [0.1, 0.15) is 0 Å². The molecular weight excluding hydrogens is 254 g/mol. The molecule has 1 heterocycles. The zero-order valence-corrected chi connectivity index (χ0v) is 13.2. The van der Waals surface area contributed by atoms with E-state index < -0.39 is 0 Å². The van der Waals surface area contributed by atoms with E-state index in [-0.39, 0.29) is 10.8 Å². The molecule has 1 aromatic heterocycles. The van der Waals surface area contributed by atoms with Crippen LogP contribution in [0.25, 0.3) is 21.7 Å². The Bertz CT molecular complexity index is 872. The lowest BCUT2D eigenvalue weighted by Crippen LogP contribution is -2.18. The van der Waals surface area contributed by atoms with Crippen LogP contribution >= 0.6 is 0 Å². The van der Waals surface area contributed by atoms with Gasteiger partial charge in [-0.3, -0.25) is 4.98 Å². The largest absolute Gasteiger partial charge is 0.251 e. The Morgan fingerprint density at radius 2 is 1.57 bits per heavy atom. The van der Waals surface area contributed by atoms with Crippen molar-refractivity contribution in [1.82, 2.24) is 4.98 Å². The maximum Gasteiger partial charge on any atom is 0.0784 e. The summed E-state index contributed by atoms with van der Waals surface area (Å²) in [7, 11) is 0. The SMILES string of the molecule is CC1(C)CC(C)(C)c2nc3c(ccc4ccccc43)cc21. The van der Waals surface area contributed by atoms with Gasteiger partial charge in [-0.1, -0.05) is 64.1 Å². The predicted molar refractivity (Wildman–Crippen MR) is 89.9 cm³/mol. The molecule has 0 radical (unpaired) electrons. The zero-order chi connectivity index (χ0) is 14.8. The molecule has 0 N–H and O–H groups in total. The fourth-order valence-corrected chi connectivity index (χ4v) is 4.22. The maximum absolute atomic E-state index is 5.13. The van der Waals surface area contributed by atoms with E-state index in [1.165, 1.54) is 27.4 Å². The van der Waals surface area contributed by atoms with Crippen LogP contribution in [0.3, 0.4) is 0 Å².